The molecule has 1 aromatic rings. The number of carbonyl (C=O) groups excluding carboxylic acids is 1. The van der Waals surface area contributed by atoms with Crippen molar-refractivity contribution in [2.75, 3.05) is 54.4 Å². The summed E-state index contributed by atoms with van der Waals surface area (Å²) >= 11 is 1.80. The Hall–Kier alpha value is -0.870. The summed E-state index contributed by atoms with van der Waals surface area (Å²) < 4.78 is 0. The molecule has 1 aromatic heterocycles. The molecule has 1 aliphatic heterocycles. The first-order valence-corrected chi connectivity index (χ1v) is 10.3. The Morgan fingerprint density at radius 2 is 2.19 bits per heavy atom. The zero-order valence-electron chi connectivity index (χ0n) is 17.0. The molecule has 0 spiro atoms. The van der Waals surface area contributed by atoms with E-state index in [1.807, 2.05) is 21.1 Å². The van der Waals surface area contributed by atoms with Gasteiger partial charge in [-0.2, -0.15) is 0 Å². The van der Waals surface area contributed by atoms with Crippen LogP contribution in [0.3, 0.4) is 0 Å². The molecular weight excluding hydrogens is 473 g/mol. The van der Waals surface area contributed by atoms with Crippen molar-refractivity contribution in [2.45, 2.75) is 31.7 Å². The average molecular weight is 507 g/mol. The molecule has 0 aromatic carbocycles. The van der Waals surface area contributed by atoms with Crippen molar-refractivity contribution in [2.24, 2.45) is 4.99 Å². The maximum absolute atomic E-state index is 12.2. The third-order valence-corrected chi connectivity index (χ3v) is 5.78. The smallest absolute Gasteiger partial charge is 0.239 e. The van der Waals surface area contributed by atoms with Crippen LogP contribution in [-0.2, 0) is 11.2 Å². The summed E-state index contributed by atoms with van der Waals surface area (Å²) in [6.45, 7) is 3.80. The minimum absolute atomic E-state index is 0. The number of hydrogen-bond donors (Lipinski definition) is 1. The first-order chi connectivity index (χ1) is 12.5. The van der Waals surface area contributed by atoms with Crippen LogP contribution >= 0.6 is 35.3 Å². The van der Waals surface area contributed by atoms with E-state index in [0.29, 0.717) is 0 Å². The molecule has 0 saturated carbocycles. The van der Waals surface area contributed by atoms with Gasteiger partial charge in [0.2, 0.25) is 5.91 Å². The summed E-state index contributed by atoms with van der Waals surface area (Å²) in [5, 5.41) is 5.57. The number of halogens is 1. The molecule has 1 atom stereocenters. The van der Waals surface area contributed by atoms with Gasteiger partial charge in [0.25, 0.3) is 0 Å². The van der Waals surface area contributed by atoms with Crippen LogP contribution in [0.5, 0.6) is 0 Å². The first-order valence-electron chi connectivity index (χ1n) is 9.42. The second-order valence-electron chi connectivity index (χ2n) is 7.01. The van der Waals surface area contributed by atoms with E-state index < -0.39 is 0 Å². The lowest BCUT2D eigenvalue weighted by molar-refractivity contribution is -0.133. The molecule has 1 aliphatic rings. The number of amides is 1. The van der Waals surface area contributed by atoms with Crippen molar-refractivity contribution in [3.63, 3.8) is 0 Å². The van der Waals surface area contributed by atoms with Gasteiger partial charge in [-0.05, 0) is 43.7 Å². The van der Waals surface area contributed by atoms with E-state index in [1.54, 1.807) is 16.2 Å². The number of likely N-dealkylation sites (N-methyl/N-ethyl adjacent to an activating group) is 2. The number of aliphatic imine (C=N–C) groups is 1. The van der Waals surface area contributed by atoms with Gasteiger partial charge in [-0.1, -0.05) is 6.07 Å². The molecule has 2 rings (SSSR count). The predicted molar refractivity (Wildman–Crippen MR) is 125 cm³/mol. The Labute approximate surface area is 185 Å². The number of nitrogens with one attached hydrogen (secondary N) is 1. The van der Waals surface area contributed by atoms with E-state index in [9.17, 15) is 4.79 Å². The molecule has 1 unspecified atom stereocenters. The molecule has 27 heavy (non-hydrogen) atoms. The third-order valence-electron chi connectivity index (χ3n) is 4.84. The van der Waals surface area contributed by atoms with Crippen molar-refractivity contribution in [1.82, 2.24) is 20.0 Å². The van der Waals surface area contributed by atoms with Crippen LogP contribution in [0, 0.1) is 0 Å². The summed E-state index contributed by atoms with van der Waals surface area (Å²) in [4.78, 5) is 24.2. The molecule has 1 saturated heterocycles. The molecule has 6 nitrogen and oxygen atoms in total. The van der Waals surface area contributed by atoms with E-state index in [0.717, 1.165) is 57.8 Å². The minimum atomic E-state index is 0. The first kappa shape index (κ1) is 24.2. The maximum atomic E-state index is 12.2. The highest BCUT2D eigenvalue weighted by molar-refractivity contribution is 14.0. The normalized spacial score (nSPS) is 17.5. The van der Waals surface area contributed by atoms with Crippen LogP contribution in [0.15, 0.2) is 22.5 Å². The molecule has 0 aliphatic carbocycles. The van der Waals surface area contributed by atoms with Gasteiger partial charge in [0.1, 0.15) is 0 Å². The summed E-state index contributed by atoms with van der Waals surface area (Å²) in [6.07, 6.45) is 4.15. The van der Waals surface area contributed by atoms with Crippen molar-refractivity contribution in [1.29, 1.82) is 0 Å². The van der Waals surface area contributed by atoms with Gasteiger partial charge in [0.15, 0.2) is 5.96 Å². The summed E-state index contributed by atoms with van der Waals surface area (Å²) in [7, 11) is 7.60. The number of hydrogen-bond acceptors (Lipinski definition) is 4. The molecule has 2 heterocycles. The zero-order valence-corrected chi connectivity index (χ0v) is 20.1. The monoisotopic (exact) mass is 507 g/mol. The quantitative estimate of drug-likeness (QED) is 0.254. The average Bonchev–Trinajstić information content (AvgIpc) is 3.30. The van der Waals surface area contributed by atoms with E-state index in [2.05, 4.69) is 44.7 Å². The number of likely N-dealkylation sites (tertiary alicyclic amines) is 1. The van der Waals surface area contributed by atoms with Crippen molar-refractivity contribution in [3.8, 4) is 0 Å². The maximum Gasteiger partial charge on any atom is 0.239 e. The molecule has 1 fully saturated rings. The second kappa shape index (κ2) is 12.6. The number of nitrogens with zero attached hydrogens (tertiary/aromatic N) is 4. The molecule has 8 heteroatoms. The van der Waals surface area contributed by atoms with Gasteiger partial charge in [-0.25, -0.2) is 0 Å². The van der Waals surface area contributed by atoms with Crippen LogP contribution in [0.2, 0.25) is 0 Å². The zero-order chi connectivity index (χ0) is 18.9. The number of thiophene rings is 1. The fourth-order valence-electron chi connectivity index (χ4n) is 3.38. The van der Waals surface area contributed by atoms with Gasteiger partial charge in [-0.3, -0.25) is 14.7 Å². The molecule has 154 valence electrons. The highest BCUT2D eigenvalue weighted by Gasteiger charge is 2.30. The van der Waals surface area contributed by atoms with Gasteiger partial charge < -0.3 is 15.1 Å². The second-order valence-corrected chi connectivity index (χ2v) is 8.04. The SMILES string of the molecule is CN=C(NCCCN1CCCC1C(=O)N(C)C)N(C)CCc1cccs1.I. The highest BCUT2D eigenvalue weighted by atomic mass is 127. The van der Waals surface area contributed by atoms with Crippen LogP contribution < -0.4 is 5.32 Å². The molecule has 0 bridgehead atoms. The lowest BCUT2D eigenvalue weighted by Crippen LogP contribution is -2.44. The topological polar surface area (TPSA) is 51.2 Å². The Kier molecular flexibility index (Phi) is 11.2. The Morgan fingerprint density at radius 1 is 1.41 bits per heavy atom. The van der Waals surface area contributed by atoms with Gasteiger partial charge in [0, 0.05) is 52.7 Å². The Balaban J connectivity index is 0.00000364. The number of carbonyl (C=O) groups is 1. The summed E-state index contributed by atoms with van der Waals surface area (Å²) in [6, 6.07) is 4.34. The number of rotatable bonds is 8. The Morgan fingerprint density at radius 3 is 2.81 bits per heavy atom. The lowest BCUT2D eigenvalue weighted by Gasteiger charge is -2.26. The molecule has 0 radical (unpaired) electrons. The molecule has 1 amide bonds. The Bertz CT molecular complexity index is 579. The largest absolute Gasteiger partial charge is 0.356 e. The standard InChI is InChI=1S/C19H33N5OS.HI/c1-20-19(23(4)14-10-16-8-6-15-26-16)21-11-7-13-24-12-5-9-17(24)18(25)22(2)3;/h6,8,15,17H,5,7,9-14H2,1-4H3,(H,20,21);1H. The van der Waals surface area contributed by atoms with Crippen LogP contribution in [0.4, 0.5) is 0 Å². The van der Waals surface area contributed by atoms with Crippen molar-refractivity contribution >= 4 is 47.2 Å². The highest BCUT2D eigenvalue weighted by Crippen LogP contribution is 2.18. The lowest BCUT2D eigenvalue weighted by atomic mass is 10.2. The summed E-state index contributed by atoms with van der Waals surface area (Å²) in [5.74, 6) is 1.17. The van der Waals surface area contributed by atoms with Crippen LogP contribution in [-0.4, -0.2) is 87.0 Å². The van der Waals surface area contributed by atoms with E-state index in [1.165, 1.54) is 4.88 Å². The fourth-order valence-corrected chi connectivity index (χ4v) is 4.08. The van der Waals surface area contributed by atoms with Gasteiger partial charge in [-0.15, -0.1) is 35.3 Å². The van der Waals surface area contributed by atoms with Crippen molar-refractivity contribution in [3.05, 3.63) is 22.4 Å². The van der Waals surface area contributed by atoms with E-state index >= 15 is 0 Å². The number of guanidine groups is 1. The van der Waals surface area contributed by atoms with Crippen LogP contribution in [0.1, 0.15) is 24.1 Å². The van der Waals surface area contributed by atoms with E-state index in [4.69, 9.17) is 0 Å². The van der Waals surface area contributed by atoms with Gasteiger partial charge >= 0.3 is 0 Å². The van der Waals surface area contributed by atoms with Gasteiger partial charge in [0.05, 0.1) is 6.04 Å². The molecular formula is C19H34IN5OS. The molecule has 1 N–H and O–H groups in total. The predicted octanol–water partition coefficient (Wildman–Crippen LogP) is 2.36. The van der Waals surface area contributed by atoms with Crippen molar-refractivity contribution < 1.29 is 4.79 Å². The summed E-state index contributed by atoms with van der Waals surface area (Å²) in [5.41, 5.74) is 0. The fraction of sp³-hybridized carbons (Fsp3) is 0.684. The third kappa shape index (κ3) is 7.57. The van der Waals surface area contributed by atoms with Crippen LogP contribution in [0.25, 0.3) is 0 Å². The minimum Gasteiger partial charge on any atom is -0.356 e. The van der Waals surface area contributed by atoms with E-state index in [-0.39, 0.29) is 35.9 Å².